The Bertz CT molecular complexity index is 971. The fourth-order valence-corrected chi connectivity index (χ4v) is 3.15. The third-order valence-electron chi connectivity index (χ3n) is 4.34. The molecule has 0 spiro atoms. The van der Waals surface area contributed by atoms with Gasteiger partial charge in [-0.2, -0.15) is 0 Å². The van der Waals surface area contributed by atoms with Crippen molar-refractivity contribution in [2.24, 2.45) is 0 Å². The van der Waals surface area contributed by atoms with Crippen molar-refractivity contribution in [2.45, 2.75) is 13.8 Å². The zero-order valence-corrected chi connectivity index (χ0v) is 13.9. The molecule has 0 N–H and O–H groups in total. The highest BCUT2D eigenvalue weighted by molar-refractivity contribution is 5.88. The summed E-state index contributed by atoms with van der Waals surface area (Å²) < 4.78 is 8.35. The summed E-state index contributed by atoms with van der Waals surface area (Å²) in [7, 11) is 0. The summed E-state index contributed by atoms with van der Waals surface area (Å²) in [5.41, 5.74) is 3.62. The molecule has 0 atom stereocenters. The summed E-state index contributed by atoms with van der Waals surface area (Å²) in [5, 5.41) is 2.31. The Hall–Kier alpha value is -3.00. The summed E-state index contributed by atoms with van der Waals surface area (Å²) >= 11 is 0. The van der Waals surface area contributed by atoms with Crippen LogP contribution >= 0.6 is 0 Å². The molecule has 0 radical (unpaired) electrons. The van der Waals surface area contributed by atoms with Crippen molar-refractivity contribution in [3.8, 4) is 17.2 Å². The molecule has 0 unspecified atom stereocenters. The fraction of sp³-hybridized carbons (Fsp3) is 0.0909. The van der Waals surface area contributed by atoms with Crippen molar-refractivity contribution < 1.29 is 4.74 Å². The summed E-state index contributed by atoms with van der Waals surface area (Å²) in [5.74, 6) is 1.73. The van der Waals surface area contributed by atoms with E-state index in [0.717, 1.165) is 22.6 Å². The van der Waals surface area contributed by atoms with Gasteiger partial charge in [-0.25, -0.2) is 0 Å². The van der Waals surface area contributed by atoms with Crippen molar-refractivity contribution in [3.05, 3.63) is 90.3 Å². The van der Waals surface area contributed by atoms with Crippen LogP contribution in [0.2, 0.25) is 0 Å². The largest absolute Gasteiger partial charge is 0.457 e. The lowest BCUT2D eigenvalue weighted by atomic mass is 10.1. The Labute approximate surface area is 141 Å². The molecular formula is C22H19NO. The van der Waals surface area contributed by atoms with E-state index in [2.05, 4.69) is 60.9 Å². The van der Waals surface area contributed by atoms with Gasteiger partial charge < -0.3 is 9.30 Å². The smallest absolute Gasteiger partial charge is 0.135 e. The number of benzene rings is 3. The first-order valence-electron chi connectivity index (χ1n) is 8.13. The standard InChI is InChI=1S/C22H19NO/c1-16-10-11-17(2)23(16)19-12-14-20(15-13-19)24-22-9-5-7-18-6-3-4-8-21(18)22/h3-15H,1-2H3. The van der Waals surface area contributed by atoms with Crippen molar-refractivity contribution >= 4 is 10.8 Å². The van der Waals surface area contributed by atoms with E-state index < -0.39 is 0 Å². The molecule has 0 saturated carbocycles. The molecular weight excluding hydrogens is 294 g/mol. The van der Waals surface area contributed by atoms with Crippen molar-refractivity contribution in [3.63, 3.8) is 0 Å². The highest BCUT2D eigenvalue weighted by Crippen LogP contribution is 2.30. The van der Waals surface area contributed by atoms with Crippen molar-refractivity contribution in [1.82, 2.24) is 4.57 Å². The normalized spacial score (nSPS) is 10.9. The molecule has 0 aliphatic rings. The van der Waals surface area contributed by atoms with E-state index in [1.54, 1.807) is 0 Å². The van der Waals surface area contributed by atoms with Crippen LogP contribution in [0.5, 0.6) is 11.5 Å². The molecule has 1 heterocycles. The first kappa shape index (κ1) is 14.6. The average molecular weight is 313 g/mol. The summed E-state index contributed by atoms with van der Waals surface area (Å²) in [6.07, 6.45) is 0. The van der Waals surface area contributed by atoms with E-state index in [9.17, 15) is 0 Å². The Morgan fingerprint density at radius 2 is 1.33 bits per heavy atom. The maximum Gasteiger partial charge on any atom is 0.135 e. The van der Waals surface area contributed by atoms with Gasteiger partial charge in [0.25, 0.3) is 0 Å². The molecule has 0 bridgehead atoms. The van der Waals surface area contributed by atoms with Gasteiger partial charge >= 0.3 is 0 Å². The monoisotopic (exact) mass is 313 g/mol. The van der Waals surface area contributed by atoms with Gasteiger partial charge in [-0.3, -0.25) is 0 Å². The van der Waals surface area contributed by atoms with Gasteiger partial charge in [0.1, 0.15) is 11.5 Å². The summed E-state index contributed by atoms with van der Waals surface area (Å²) in [4.78, 5) is 0. The summed E-state index contributed by atoms with van der Waals surface area (Å²) in [6, 6.07) is 26.9. The van der Waals surface area contributed by atoms with Crippen LogP contribution in [0.1, 0.15) is 11.4 Å². The minimum Gasteiger partial charge on any atom is -0.457 e. The predicted molar refractivity (Wildman–Crippen MR) is 99.3 cm³/mol. The Morgan fingerprint density at radius 1 is 0.667 bits per heavy atom. The molecule has 118 valence electrons. The Kier molecular flexibility index (Phi) is 3.58. The number of aryl methyl sites for hydroxylation is 2. The van der Waals surface area contributed by atoms with Crippen LogP contribution < -0.4 is 4.74 Å². The zero-order chi connectivity index (χ0) is 16.5. The topological polar surface area (TPSA) is 14.2 Å². The van der Waals surface area contributed by atoms with Gasteiger partial charge in [-0.15, -0.1) is 0 Å². The van der Waals surface area contributed by atoms with Gasteiger partial charge in [0.2, 0.25) is 0 Å². The zero-order valence-electron chi connectivity index (χ0n) is 13.9. The number of ether oxygens (including phenoxy) is 1. The molecule has 2 heteroatoms. The van der Waals surface area contributed by atoms with Gasteiger partial charge in [0, 0.05) is 22.5 Å². The SMILES string of the molecule is Cc1ccc(C)n1-c1ccc(Oc2cccc3ccccc23)cc1. The van der Waals surface area contributed by atoms with Gasteiger partial charge in [-0.1, -0.05) is 36.4 Å². The van der Waals surface area contributed by atoms with E-state index in [4.69, 9.17) is 4.74 Å². The minimum absolute atomic E-state index is 0.845. The third-order valence-corrected chi connectivity index (χ3v) is 4.34. The van der Waals surface area contributed by atoms with Crippen LogP contribution in [0.3, 0.4) is 0 Å². The number of rotatable bonds is 3. The van der Waals surface area contributed by atoms with Crippen LogP contribution in [0.25, 0.3) is 16.5 Å². The molecule has 0 fully saturated rings. The number of fused-ring (bicyclic) bond motifs is 1. The van der Waals surface area contributed by atoms with Crippen molar-refractivity contribution in [2.75, 3.05) is 0 Å². The third kappa shape index (κ3) is 2.56. The quantitative estimate of drug-likeness (QED) is 0.450. The molecule has 2 nitrogen and oxygen atoms in total. The van der Waals surface area contributed by atoms with Crippen molar-refractivity contribution in [1.29, 1.82) is 0 Å². The Balaban J connectivity index is 1.66. The molecule has 0 aliphatic heterocycles. The molecule has 0 aliphatic carbocycles. The van der Waals surface area contributed by atoms with Crippen LogP contribution in [-0.2, 0) is 0 Å². The first-order chi connectivity index (χ1) is 11.7. The average Bonchev–Trinajstić information content (AvgIpc) is 2.95. The number of nitrogens with zero attached hydrogens (tertiary/aromatic N) is 1. The molecule has 0 amide bonds. The molecule has 4 rings (SSSR count). The molecule has 3 aromatic carbocycles. The van der Waals surface area contributed by atoms with E-state index in [0.29, 0.717) is 0 Å². The lowest BCUT2D eigenvalue weighted by Gasteiger charge is -2.12. The van der Waals surface area contributed by atoms with E-state index in [1.165, 1.54) is 16.8 Å². The second kappa shape index (κ2) is 5.89. The molecule has 4 aromatic rings. The van der Waals surface area contributed by atoms with Gasteiger partial charge in [-0.05, 0) is 61.7 Å². The second-order valence-electron chi connectivity index (χ2n) is 6.02. The fourth-order valence-electron chi connectivity index (χ4n) is 3.15. The predicted octanol–water partition coefficient (Wildman–Crippen LogP) is 6.04. The van der Waals surface area contributed by atoms with Crippen LogP contribution in [-0.4, -0.2) is 4.57 Å². The maximum atomic E-state index is 6.12. The number of aromatic nitrogens is 1. The second-order valence-corrected chi connectivity index (χ2v) is 6.02. The number of hydrogen-bond donors (Lipinski definition) is 0. The van der Waals surface area contributed by atoms with E-state index >= 15 is 0 Å². The molecule has 1 aromatic heterocycles. The lowest BCUT2D eigenvalue weighted by Crippen LogP contribution is -1.98. The highest BCUT2D eigenvalue weighted by Gasteiger charge is 2.06. The maximum absolute atomic E-state index is 6.12. The minimum atomic E-state index is 0.845. The summed E-state index contributed by atoms with van der Waals surface area (Å²) in [6.45, 7) is 4.24. The van der Waals surface area contributed by atoms with Gasteiger partial charge in [0.05, 0.1) is 0 Å². The first-order valence-corrected chi connectivity index (χ1v) is 8.13. The van der Waals surface area contributed by atoms with E-state index in [1.807, 2.05) is 36.4 Å². The molecule has 24 heavy (non-hydrogen) atoms. The highest BCUT2D eigenvalue weighted by atomic mass is 16.5. The van der Waals surface area contributed by atoms with Crippen LogP contribution in [0, 0.1) is 13.8 Å². The molecule has 0 saturated heterocycles. The lowest BCUT2D eigenvalue weighted by molar-refractivity contribution is 0.488. The van der Waals surface area contributed by atoms with E-state index in [-0.39, 0.29) is 0 Å². The van der Waals surface area contributed by atoms with Crippen LogP contribution in [0.4, 0.5) is 0 Å². The van der Waals surface area contributed by atoms with Gasteiger partial charge in [0.15, 0.2) is 0 Å². The Morgan fingerprint density at radius 3 is 2.08 bits per heavy atom. The number of hydrogen-bond acceptors (Lipinski definition) is 1. The van der Waals surface area contributed by atoms with Crippen LogP contribution in [0.15, 0.2) is 78.9 Å².